The minimum atomic E-state index is -0.424. The first-order valence-corrected chi connectivity index (χ1v) is 29.1. The molecular weight excluding hydrogens is 819 g/mol. The largest absolute Gasteiger partial charge is 0.465 e. The zero-order valence-electron chi connectivity index (χ0n) is 44.6. The Labute approximate surface area is 409 Å². The fourth-order valence-electron chi connectivity index (χ4n) is 9.65. The van der Waals surface area contributed by atoms with E-state index in [1.54, 1.807) is 0 Å². The highest BCUT2D eigenvalue weighted by molar-refractivity contribution is 5.72. The molecular formula is C58H111N3O5. The van der Waals surface area contributed by atoms with Crippen LogP contribution in [0.4, 0.5) is 0 Å². The second-order valence-corrected chi connectivity index (χ2v) is 20.6. The fraction of sp³-hybridized carbons (Fsp3) is 0.914. The molecule has 0 aliphatic carbocycles. The van der Waals surface area contributed by atoms with Crippen molar-refractivity contribution in [3.8, 4) is 0 Å². The molecule has 0 saturated carbocycles. The fourth-order valence-corrected chi connectivity index (χ4v) is 9.65. The van der Waals surface area contributed by atoms with Crippen LogP contribution in [0.15, 0.2) is 18.7 Å². The SMILES string of the molecule is CCCCCCCCCCC(CCCCCCCC)C(=O)OCCCCCCN(CC(O)CCCCOC(=O)C(CCCCCCCC)CCCCCCCCCC)CC(C)n1ccnc1. The Morgan fingerprint density at radius 2 is 0.833 bits per heavy atom. The summed E-state index contributed by atoms with van der Waals surface area (Å²) in [6.45, 7) is 14.7. The molecule has 1 heterocycles. The summed E-state index contributed by atoms with van der Waals surface area (Å²) in [6.07, 6.45) is 51.2. The molecule has 0 aliphatic heterocycles. The van der Waals surface area contributed by atoms with Gasteiger partial charge in [-0.2, -0.15) is 0 Å². The molecule has 388 valence electrons. The molecule has 1 rings (SSSR count). The van der Waals surface area contributed by atoms with Gasteiger partial charge in [-0.25, -0.2) is 4.98 Å². The van der Waals surface area contributed by atoms with Gasteiger partial charge in [0.05, 0.1) is 37.5 Å². The van der Waals surface area contributed by atoms with Gasteiger partial charge in [-0.05, 0) is 71.3 Å². The summed E-state index contributed by atoms with van der Waals surface area (Å²) >= 11 is 0. The highest BCUT2D eigenvalue weighted by Gasteiger charge is 2.21. The summed E-state index contributed by atoms with van der Waals surface area (Å²) in [5, 5.41) is 11.2. The van der Waals surface area contributed by atoms with E-state index in [1.165, 1.54) is 154 Å². The number of aliphatic hydroxyl groups excluding tert-OH is 1. The Balaban J connectivity index is 2.51. The Morgan fingerprint density at radius 3 is 1.23 bits per heavy atom. The third-order valence-electron chi connectivity index (χ3n) is 14.1. The molecule has 4 atom stereocenters. The Kier molecular flexibility index (Phi) is 44.0. The molecule has 0 aliphatic rings. The summed E-state index contributed by atoms with van der Waals surface area (Å²) < 4.78 is 14.0. The number of esters is 2. The van der Waals surface area contributed by atoms with E-state index >= 15 is 0 Å². The highest BCUT2D eigenvalue weighted by atomic mass is 16.5. The number of hydrogen-bond donors (Lipinski definition) is 1. The van der Waals surface area contributed by atoms with Crippen LogP contribution >= 0.6 is 0 Å². The van der Waals surface area contributed by atoms with Crippen molar-refractivity contribution in [3.05, 3.63) is 18.7 Å². The standard InChI is InChI=1S/C58H111N3O5/c1-6-10-14-18-22-24-28-34-42-54(40-32-26-20-16-12-8-3)57(63)65-48-38-31-30-37-46-60(50-53(5)61-47-45-59-52-61)51-56(62)44-36-39-49-66-58(64)55(41-33-27-21-17-13-9-4)43-35-29-25-23-19-15-11-7-2/h45,47,52-56,62H,6-44,46,48-51H2,1-5H3. The molecule has 1 N–H and O–H groups in total. The van der Waals surface area contributed by atoms with E-state index in [2.05, 4.69) is 49.1 Å². The minimum absolute atomic E-state index is 0.00616. The van der Waals surface area contributed by atoms with Crippen LogP contribution < -0.4 is 0 Å². The quantitative estimate of drug-likeness (QED) is 0.0514. The molecule has 0 radical (unpaired) electrons. The van der Waals surface area contributed by atoms with Gasteiger partial charge in [0.1, 0.15) is 0 Å². The van der Waals surface area contributed by atoms with Gasteiger partial charge >= 0.3 is 11.9 Å². The number of imidazole rings is 1. The van der Waals surface area contributed by atoms with Crippen molar-refractivity contribution in [1.29, 1.82) is 0 Å². The Hall–Kier alpha value is -1.93. The maximum atomic E-state index is 13.3. The predicted octanol–water partition coefficient (Wildman–Crippen LogP) is 16.7. The monoisotopic (exact) mass is 930 g/mol. The number of hydrogen-bond acceptors (Lipinski definition) is 7. The Morgan fingerprint density at radius 1 is 0.485 bits per heavy atom. The smallest absolute Gasteiger partial charge is 0.308 e. The number of carbonyl (C=O) groups is 2. The molecule has 0 bridgehead atoms. The highest BCUT2D eigenvalue weighted by Crippen LogP contribution is 2.23. The summed E-state index contributed by atoms with van der Waals surface area (Å²) in [5.74, 6) is 0.140. The summed E-state index contributed by atoms with van der Waals surface area (Å²) in [5.41, 5.74) is 0. The third kappa shape index (κ3) is 37.0. The van der Waals surface area contributed by atoms with E-state index in [9.17, 15) is 14.7 Å². The normalized spacial score (nSPS) is 13.6. The predicted molar refractivity (Wildman–Crippen MR) is 281 cm³/mol. The van der Waals surface area contributed by atoms with Gasteiger partial charge in [0, 0.05) is 31.5 Å². The van der Waals surface area contributed by atoms with E-state index in [1.807, 2.05) is 18.7 Å². The van der Waals surface area contributed by atoms with Gasteiger partial charge in [0.2, 0.25) is 0 Å². The molecule has 0 saturated heterocycles. The lowest BCUT2D eigenvalue weighted by Crippen LogP contribution is -2.37. The van der Waals surface area contributed by atoms with E-state index < -0.39 is 6.10 Å². The van der Waals surface area contributed by atoms with Crippen molar-refractivity contribution in [2.45, 2.75) is 297 Å². The topological polar surface area (TPSA) is 93.9 Å². The number of rotatable bonds is 51. The first-order chi connectivity index (χ1) is 32.4. The lowest BCUT2D eigenvalue weighted by molar-refractivity contribution is -0.150. The molecule has 0 fully saturated rings. The number of unbranched alkanes of at least 4 members (excludes halogenated alkanes) is 28. The molecule has 4 unspecified atom stereocenters. The van der Waals surface area contributed by atoms with Crippen molar-refractivity contribution in [3.63, 3.8) is 0 Å². The third-order valence-corrected chi connectivity index (χ3v) is 14.1. The average Bonchev–Trinajstić information content (AvgIpc) is 3.87. The van der Waals surface area contributed by atoms with Gasteiger partial charge in [0.15, 0.2) is 0 Å². The maximum absolute atomic E-state index is 13.3. The van der Waals surface area contributed by atoms with Crippen molar-refractivity contribution in [2.24, 2.45) is 11.8 Å². The molecule has 66 heavy (non-hydrogen) atoms. The van der Waals surface area contributed by atoms with Gasteiger partial charge in [0.25, 0.3) is 0 Å². The van der Waals surface area contributed by atoms with Gasteiger partial charge in [-0.1, -0.05) is 220 Å². The number of aromatic nitrogens is 2. The molecule has 8 heteroatoms. The van der Waals surface area contributed by atoms with Crippen molar-refractivity contribution >= 4 is 11.9 Å². The maximum Gasteiger partial charge on any atom is 0.308 e. The number of nitrogens with zero attached hydrogens (tertiary/aromatic N) is 3. The second-order valence-electron chi connectivity index (χ2n) is 20.6. The molecule has 8 nitrogen and oxygen atoms in total. The van der Waals surface area contributed by atoms with Gasteiger partial charge in [-0.3, -0.25) is 14.5 Å². The van der Waals surface area contributed by atoms with Crippen LogP contribution in [0.25, 0.3) is 0 Å². The summed E-state index contributed by atoms with van der Waals surface area (Å²) in [4.78, 5) is 33.2. The summed E-state index contributed by atoms with van der Waals surface area (Å²) in [6, 6.07) is 0.253. The van der Waals surface area contributed by atoms with Crippen molar-refractivity contribution in [1.82, 2.24) is 14.5 Å². The van der Waals surface area contributed by atoms with E-state index in [4.69, 9.17) is 9.47 Å². The molecule has 1 aromatic rings. The molecule has 0 amide bonds. The van der Waals surface area contributed by atoms with E-state index in [-0.39, 0.29) is 29.8 Å². The zero-order valence-corrected chi connectivity index (χ0v) is 44.6. The zero-order chi connectivity index (χ0) is 48.0. The van der Waals surface area contributed by atoms with Crippen molar-refractivity contribution in [2.75, 3.05) is 32.8 Å². The van der Waals surface area contributed by atoms with Crippen LogP contribution in [0.5, 0.6) is 0 Å². The van der Waals surface area contributed by atoms with E-state index in [0.29, 0.717) is 26.2 Å². The van der Waals surface area contributed by atoms with E-state index in [0.717, 1.165) is 103 Å². The number of ether oxygens (including phenoxy) is 2. The van der Waals surface area contributed by atoms with Crippen LogP contribution in [0.1, 0.15) is 291 Å². The first-order valence-electron chi connectivity index (χ1n) is 29.1. The second kappa shape index (κ2) is 46.8. The van der Waals surface area contributed by atoms with Crippen LogP contribution in [-0.4, -0.2) is 70.4 Å². The molecule has 0 aromatic carbocycles. The first kappa shape index (κ1) is 62.1. The summed E-state index contributed by atoms with van der Waals surface area (Å²) in [7, 11) is 0. The average molecular weight is 931 g/mol. The lowest BCUT2D eigenvalue weighted by Gasteiger charge is -2.28. The number of aliphatic hydroxyl groups is 1. The van der Waals surface area contributed by atoms with Crippen LogP contribution in [0, 0.1) is 11.8 Å². The minimum Gasteiger partial charge on any atom is -0.465 e. The van der Waals surface area contributed by atoms with Crippen LogP contribution in [-0.2, 0) is 19.1 Å². The number of carbonyl (C=O) groups excluding carboxylic acids is 2. The van der Waals surface area contributed by atoms with Crippen LogP contribution in [0.2, 0.25) is 0 Å². The van der Waals surface area contributed by atoms with Gasteiger partial charge < -0.3 is 19.1 Å². The van der Waals surface area contributed by atoms with Crippen LogP contribution in [0.3, 0.4) is 0 Å². The molecule has 1 aromatic heterocycles. The molecule has 0 spiro atoms. The Bertz CT molecular complexity index is 1160. The van der Waals surface area contributed by atoms with Crippen molar-refractivity contribution < 1.29 is 24.2 Å². The van der Waals surface area contributed by atoms with Gasteiger partial charge in [-0.15, -0.1) is 0 Å². The lowest BCUT2D eigenvalue weighted by atomic mass is 9.94.